The van der Waals surface area contributed by atoms with Crippen LogP contribution in [0.5, 0.6) is 0 Å². The van der Waals surface area contributed by atoms with Gasteiger partial charge in [-0.1, -0.05) is 26.0 Å². The minimum atomic E-state index is -3.76. The number of benzene rings is 1. The molecular weight excluding hydrogens is 463 g/mol. The molecule has 0 radical (unpaired) electrons. The van der Waals surface area contributed by atoms with E-state index in [4.69, 9.17) is 4.74 Å². The second kappa shape index (κ2) is 11.7. The standard InChI is InChI=1S/C23H31FN4O5S/c1-3-28(4-2)34(31,32)20-9-10-23(30)27(16-20)17-22(29)25-15-21(26-11-13-33-14-12-26)18-5-7-19(24)8-6-18/h5-10,16,21H,3-4,11-15,17H2,1-2H3,(H,25,29). The molecule has 1 amide bonds. The molecule has 0 aliphatic carbocycles. The first-order chi connectivity index (χ1) is 16.3. The summed E-state index contributed by atoms with van der Waals surface area (Å²) in [5, 5.41) is 2.84. The zero-order chi connectivity index (χ0) is 24.7. The Bertz CT molecular complexity index is 1130. The second-order valence-corrected chi connectivity index (χ2v) is 9.88. The minimum Gasteiger partial charge on any atom is -0.379 e. The number of carbonyl (C=O) groups excluding carboxylic acids is 1. The molecule has 0 saturated carbocycles. The van der Waals surface area contributed by atoms with E-state index in [1.807, 2.05) is 0 Å². The molecule has 3 rings (SSSR count). The van der Waals surface area contributed by atoms with Crippen LogP contribution < -0.4 is 10.9 Å². The number of amides is 1. The Morgan fingerprint density at radius 2 is 1.76 bits per heavy atom. The van der Waals surface area contributed by atoms with Crippen LogP contribution in [0.2, 0.25) is 0 Å². The molecule has 1 N–H and O–H groups in total. The second-order valence-electron chi connectivity index (χ2n) is 7.94. The maximum Gasteiger partial charge on any atom is 0.251 e. The minimum absolute atomic E-state index is 0.0406. The van der Waals surface area contributed by atoms with E-state index in [0.29, 0.717) is 39.4 Å². The van der Waals surface area contributed by atoms with E-state index in [1.165, 1.54) is 28.7 Å². The van der Waals surface area contributed by atoms with Crippen LogP contribution in [-0.2, 0) is 26.1 Å². The molecule has 9 nitrogen and oxygen atoms in total. The number of aromatic nitrogens is 1. The summed E-state index contributed by atoms with van der Waals surface area (Å²) in [5.74, 6) is -0.771. The third kappa shape index (κ3) is 6.29. The molecule has 2 heterocycles. The van der Waals surface area contributed by atoms with E-state index in [-0.39, 0.29) is 29.8 Å². The number of ether oxygens (including phenoxy) is 1. The SMILES string of the molecule is CCN(CC)S(=O)(=O)c1ccc(=O)n(CC(=O)NCC(c2ccc(F)cc2)N2CCOCC2)c1. The maximum atomic E-state index is 13.4. The van der Waals surface area contributed by atoms with Gasteiger partial charge in [0.1, 0.15) is 12.4 Å². The van der Waals surface area contributed by atoms with Crippen LogP contribution in [0.15, 0.2) is 52.3 Å². The Morgan fingerprint density at radius 1 is 1.12 bits per heavy atom. The molecule has 1 atom stereocenters. The van der Waals surface area contributed by atoms with E-state index < -0.39 is 21.5 Å². The number of sulfonamides is 1. The van der Waals surface area contributed by atoms with Crippen LogP contribution in [-0.4, -0.2) is 74.0 Å². The number of nitrogens with one attached hydrogen (secondary N) is 1. The molecule has 34 heavy (non-hydrogen) atoms. The van der Waals surface area contributed by atoms with Crippen molar-refractivity contribution in [2.75, 3.05) is 45.9 Å². The Labute approximate surface area is 199 Å². The van der Waals surface area contributed by atoms with Crippen molar-refractivity contribution in [3.8, 4) is 0 Å². The van der Waals surface area contributed by atoms with Crippen molar-refractivity contribution in [3.05, 3.63) is 64.3 Å². The number of nitrogens with zero attached hydrogens (tertiary/aromatic N) is 3. The molecule has 1 aliphatic rings. The van der Waals surface area contributed by atoms with E-state index in [9.17, 15) is 22.4 Å². The summed E-state index contributed by atoms with van der Waals surface area (Å²) < 4.78 is 46.8. The zero-order valence-electron chi connectivity index (χ0n) is 19.4. The summed E-state index contributed by atoms with van der Waals surface area (Å²) in [4.78, 5) is 27.1. The summed E-state index contributed by atoms with van der Waals surface area (Å²) in [7, 11) is -3.76. The average molecular weight is 495 g/mol. The van der Waals surface area contributed by atoms with Crippen molar-refractivity contribution in [1.29, 1.82) is 0 Å². The van der Waals surface area contributed by atoms with Crippen LogP contribution in [0.25, 0.3) is 0 Å². The predicted molar refractivity (Wildman–Crippen MR) is 125 cm³/mol. The molecule has 1 saturated heterocycles. The highest BCUT2D eigenvalue weighted by atomic mass is 32.2. The predicted octanol–water partition coefficient (Wildman–Crippen LogP) is 1.21. The molecule has 1 fully saturated rings. The van der Waals surface area contributed by atoms with Crippen molar-refractivity contribution in [1.82, 2.24) is 19.1 Å². The van der Waals surface area contributed by atoms with Gasteiger partial charge in [0.15, 0.2) is 0 Å². The number of pyridine rings is 1. The van der Waals surface area contributed by atoms with Crippen LogP contribution >= 0.6 is 0 Å². The fourth-order valence-electron chi connectivity index (χ4n) is 3.95. The van der Waals surface area contributed by atoms with Crippen molar-refractivity contribution in [2.24, 2.45) is 0 Å². The van der Waals surface area contributed by atoms with Gasteiger partial charge in [0.25, 0.3) is 5.56 Å². The molecule has 1 aromatic heterocycles. The monoisotopic (exact) mass is 494 g/mol. The van der Waals surface area contributed by atoms with Gasteiger partial charge >= 0.3 is 0 Å². The number of rotatable bonds is 10. The first-order valence-corrected chi connectivity index (χ1v) is 12.7. The third-order valence-corrected chi connectivity index (χ3v) is 7.88. The van der Waals surface area contributed by atoms with Gasteiger partial charge in [0, 0.05) is 45.0 Å². The Hall–Kier alpha value is -2.60. The first-order valence-electron chi connectivity index (χ1n) is 11.3. The largest absolute Gasteiger partial charge is 0.379 e. The number of carbonyl (C=O) groups is 1. The average Bonchev–Trinajstić information content (AvgIpc) is 2.83. The summed E-state index contributed by atoms with van der Waals surface area (Å²) in [5.41, 5.74) is 0.380. The Balaban J connectivity index is 1.73. The summed E-state index contributed by atoms with van der Waals surface area (Å²) >= 11 is 0. The topological polar surface area (TPSA) is 101 Å². The number of hydrogen-bond donors (Lipinski definition) is 1. The van der Waals surface area contributed by atoms with Gasteiger partial charge in [-0.3, -0.25) is 14.5 Å². The van der Waals surface area contributed by atoms with Gasteiger partial charge in [0.05, 0.1) is 24.2 Å². The lowest BCUT2D eigenvalue weighted by Crippen LogP contribution is -2.44. The fourth-order valence-corrected chi connectivity index (χ4v) is 5.43. The van der Waals surface area contributed by atoms with Crippen molar-refractivity contribution < 1.29 is 22.3 Å². The van der Waals surface area contributed by atoms with E-state index in [1.54, 1.807) is 26.0 Å². The van der Waals surface area contributed by atoms with E-state index in [2.05, 4.69) is 10.2 Å². The lowest BCUT2D eigenvalue weighted by Gasteiger charge is -2.35. The highest BCUT2D eigenvalue weighted by Gasteiger charge is 2.25. The van der Waals surface area contributed by atoms with Gasteiger partial charge in [-0.05, 0) is 23.8 Å². The molecule has 0 bridgehead atoms. The fraction of sp³-hybridized carbons (Fsp3) is 0.478. The highest BCUT2D eigenvalue weighted by Crippen LogP contribution is 2.21. The van der Waals surface area contributed by atoms with Gasteiger partial charge in [-0.25, -0.2) is 12.8 Å². The van der Waals surface area contributed by atoms with Crippen LogP contribution in [0.1, 0.15) is 25.5 Å². The molecule has 11 heteroatoms. The van der Waals surface area contributed by atoms with E-state index >= 15 is 0 Å². The van der Waals surface area contributed by atoms with Crippen LogP contribution in [0, 0.1) is 5.82 Å². The molecule has 1 aliphatic heterocycles. The molecular formula is C23H31FN4O5S. The van der Waals surface area contributed by atoms with Gasteiger partial charge in [0.2, 0.25) is 15.9 Å². The number of morpholine rings is 1. The molecule has 186 valence electrons. The van der Waals surface area contributed by atoms with Gasteiger partial charge in [-0.15, -0.1) is 0 Å². The first kappa shape index (κ1) is 26.0. The zero-order valence-corrected chi connectivity index (χ0v) is 20.3. The van der Waals surface area contributed by atoms with Crippen molar-refractivity contribution >= 4 is 15.9 Å². The van der Waals surface area contributed by atoms with Gasteiger partial charge in [-0.2, -0.15) is 4.31 Å². The molecule has 1 aromatic carbocycles. The smallest absolute Gasteiger partial charge is 0.251 e. The summed E-state index contributed by atoms with van der Waals surface area (Å²) in [6, 6.07) is 8.35. The molecule has 2 aromatic rings. The molecule has 1 unspecified atom stereocenters. The lowest BCUT2D eigenvalue weighted by atomic mass is 10.0. The van der Waals surface area contributed by atoms with E-state index in [0.717, 1.165) is 16.2 Å². The quantitative estimate of drug-likeness (QED) is 0.533. The summed E-state index contributed by atoms with van der Waals surface area (Å²) in [6.45, 7) is 6.45. The van der Waals surface area contributed by atoms with Crippen LogP contribution in [0.3, 0.4) is 0 Å². The maximum absolute atomic E-state index is 13.4. The highest BCUT2D eigenvalue weighted by molar-refractivity contribution is 7.89. The van der Waals surface area contributed by atoms with Gasteiger partial charge < -0.3 is 14.6 Å². The number of hydrogen-bond acceptors (Lipinski definition) is 6. The molecule has 0 spiro atoms. The lowest BCUT2D eigenvalue weighted by molar-refractivity contribution is -0.122. The normalized spacial score (nSPS) is 15.9. The Kier molecular flexibility index (Phi) is 8.95. The third-order valence-electron chi connectivity index (χ3n) is 5.85. The van der Waals surface area contributed by atoms with Crippen LogP contribution in [0.4, 0.5) is 4.39 Å². The van der Waals surface area contributed by atoms with Crippen molar-refractivity contribution in [2.45, 2.75) is 31.3 Å². The summed E-state index contributed by atoms with van der Waals surface area (Å²) in [6.07, 6.45) is 1.20. The van der Waals surface area contributed by atoms with Crippen molar-refractivity contribution in [3.63, 3.8) is 0 Å². The Morgan fingerprint density at radius 3 is 2.38 bits per heavy atom. The number of halogens is 1.